The number of benzene rings is 12. The Morgan fingerprint density at radius 2 is 0.671 bits per heavy atom. The van der Waals surface area contributed by atoms with Crippen LogP contribution in [-0.2, 0) is 0 Å². The van der Waals surface area contributed by atoms with Crippen molar-refractivity contribution in [1.82, 2.24) is 0 Å². The third kappa shape index (κ3) is 6.97. The van der Waals surface area contributed by atoms with Gasteiger partial charge in [0, 0.05) is 43.4 Å². The van der Waals surface area contributed by atoms with Gasteiger partial charge in [-0.3, -0.25) is 0 Å². The Labute approximate surface area is 443 Å². The molecule has 2 aromatic heterocycles. The van der Waals surface area contributed by atoms with Gasteiger partial charge in [0.15, 0.2) is 11.2 Å². The quantitative estimate of drug-likeness (QED) is 0.128. The minimum Gasteiger partial charge on any atom is -0.454 e. The smallest absolute Gasteiger partial charge is 0.159 e. The van der Waals surface area contributed by atoms with Gasteiger partial charge in [-0.25, -0.2) is 0 Å². The molecule has 0 spiro atoms. The zero-order valence-corrected chi connectivity index (χ0v) is 43.7. The van der Waals surface area contributed by atoms with Crippen molar-refractivity contribution in [3.05, 3.63) is 241 Å². The van der Waals surface area contributed by atoms with Crippen LogP contribution in [0.4, 0.5) is 34.1 Å². The van der Waals surface area contributed by atoms with E-state index in [2.05, 4.69) is 270 Å². The van der Waals surface area contributed by atoms with Gasteiger partial charge in [-0.1, -0.05) is 210 Å². The third-order valence-corrected chi connectivity index (χ3v) is 16.0. The average molecular weight is 981 g/mol. The van der Waals surface area contributed by atoms with Crippen molar-refractivity contribution in [1.29, 1.82) is 0 Å². The molecule has 0 N–H and O–H groups in total. The first-order chi connectivity index (χ1) is 37.2. The van der Waals surface area contributed by atoms with Crippen molar-refractivity contribution in [2.24, 2.45) is 0 Å². The van der Waals surface area contributed by atoms with Gasteiger partial charge in [0.05, 0.1) is 34.1 Å². The maximum absolute atomic E-state index is 7.05. The van der Waals surface area contributed by atoms with Crippen LogP contribution in [0.5, 0.6) is 0 Å². The summed E-state index contributed by atoms with van der Waals surface area (Å²) in [5, 5.41) is 11.8. The van der Waals surface area contributed by atoms with E-state index in [-0.39, 0.29) is 11.8 Å². The van der Waals surface area contributed by atoms with E-state index in [9.17, 15) is 0 Å². The molecule has 4 heteroatoms. The number of fused-ring (bicyclic) bond motifs is 6. The van der Waals surface area contributed by atoms with Crippen molar-refractivity contribution < 1.29 is 8.83 Å². The normalized spacial score (nSPS) is 12.1. The van der Waals surface area contributed by atoms with Crippen LogP contribution in [0, 0.1) is 13.8 Å². The second-order valence-electron chi connectivity index (χ2n) is 21.2. The van der Waals surface area contributed by atoms with E-state index in [1.165, 1.54) is 43.4 Å². The fraction of sp³-hybridized carbons (Fsp3) is 0.111. The lowest BCUT2D eigenvalue weighted by Gasteiger charge is -2.33. The topological polar surface area (TPSA) is 32.8 Å². The standard InChI is InChI=1S/C72H56N2O2/c1-43(2)59-41-63(73(61-29-17-13-25-49(61)47-21-9-7-10-22-47)69-45(5)33-35-55-51-27-15-19-31-65(51)75-71(55)69)57-40-38-54-60(44(3)4)42-64(58-39-37-53(59)67(57)68(54)58)74(62-30-18-14-26-50(62)48-23-11-8-12-24-48)70-46(6)34-36-56-52-28-16-20-32-66(52)76-72(56)70/h7-44H,1-6H3. The highest BCUT2D eigenvalue weighted by Gasteiger charge is 2.31. The highest BCUT2D eigenvalue weighted by molar-refractivity contribution is 6.30. The van der Waals surface area contributed by atoms with Crippen molar-refractivity contribution in [3.63, 3.8) is 0 Å². The van der Waals surface area contributed by atoms with Crippen molar-refractivity contribution in [2.45, 2.75) is 53.4 Å². The molecule has 0 aliphatic rings. The lowest BCUT2D eigenvalue weighted by Crippen LogP contribution is -2.15. The number of nitrogens with zero attached hydrogens (tertiary/aromatic N) is 2. The minimum atomic E-state index is 0.198. The molecular formula is C72H56N2O2. The monoisotopic (exact) mass is 980 g/mol. The predicted octanol–water partition coefficient (Wildman–Crippen LogP) is 21.5. The van der Waals surface area contributed by atoms with Crippen LogP contribution in [0.2, 0.25) is 0 Å². The summed E-state index contributed by atoms with van der Waals surface area (Å²) >= 11 is 0. The SMILES string of the molecule is Cc1ccc2c(oc3ccccc32)c1N(c1ccccc1-c1ccccc1)c1cc(C(C)C)c2ccc3c(N(c4ccccc4-c4ccccc4)c4c(C)ccc5c4oc4ccccc45)cc(C(C)C)c4ccc1c2c43. The Kier molecular flexibility index (Phi) is 10.6. The van der Waals surface area contributed by atoms with Crippen LogP contribution < -0.4 is 9.80 Å². The van der Waals surface area contributed by atoms with Gasteiger partial charge in [-0.2, -0.15) is 0 Å². The fourth-order valence-electron chi connectivity index (χ4n) is 12.4. The molecule has 0 bridgehead atoms. The van der Waals surface area contributed by atoms with Gasteiger partial charge in [0.1, 0.15) is 11.2 Å². The Hall–Kier alpha value is -9.12. The molecule has 366 valence electrons. The first-order valence-electron chi connectivity index (χ1n) is 26.7. The zero-order chi connectivity index (χ0) is 51.3. The lowest BCUT2D eigenvalue weighted by molar-refractivity contribution is 0.668. The Balaban J connectivity index is 1.14. The molecule has 0 saturated carbocycles. The van der Waals surface area contributed by atoms with E-state index in [1.807, 2.05) is 0 Å². The highest BCUT2D eigenvalue weighted by Crippen LogP contribution is 2.55. The summed E-state index contributed by atoms with van der Waals surface area (Å²) in [6.45, 7) is 13.8. The summed E-state index contributed by atoms with van der Waals surface area (Å²) in [6, 6.07) is 79.8. The highest BCUT2D eigenvalue weighted by atomic mass is 16.3. The van der Waals surface area contributed by atoms with Gasteiger partial charge < -0.3 is 18.6 Å². The van der Waals surface area contributed by atoms with Gasteiger partial charge in [-0.05, 0) is 117 Å². The Bertz CT molecular complexity index is 4270. The second kappa shape index (κ2) is 17.8. The van der Waals surface area contributed by atoms with Gasteiger partial charge in [0.25, 0.3) is 0 Å². The molecule has 2 heterocycles. The summed E-state index contributed by atoms with van der Waals surface area (Å²) in [4.78, 5) is 5.05. The van der Waals surface area contributed by atoms with Crippen LogP contribution in [-0.4, -0.2) is 0 Å². The van der Waals surface area contributed by atoms with E-state index in [1.54, 1.807) is 0 Å². The fourth-order valence-corrected chi connectivity index (χ4v) is 12.4. The van der Waals surface area contributed by atoms with Gasteiger partial charge >= 0.3 is 0 Å². The van der Waals surface area contributed by atoms with Gasteiger partial charge in [-0.15, -0.1) is 0 Å². The predicted molar refractivity (Wildman–Crippen MR) is 323 cm³/mol. The number of hydrogen-bond donors (Lipinski definition) is 0. The van der Waals surface area contributed by atoms with Crippen LogP contribution in [0.3, 0.4) is 0 Å². The van der Waals surface area contributed by atoms with E-state index in [0.29, 0.717) is 0 Å². The third-order valence-electron chi connectivity index (χ3n) is 16.0. The summed E-state index contributed by atoms with van der Waals surface area (Å²) in [5.74, 6) is 0.397. The summed E-state index contributed by atoms with van der Waals surface area (Å²) in [6.07, 6.45) is 0. The molecule has 0 radical (unpaired) electrons. The van der Waals surface area contributed by atoms with Crippen LogP contribution >= 0.6 is 0 Å². The van der Waals surface area contributed by atoms with Crippen molar-refractivity contribution in [3.8, 4) is 22.3 Å². The largest absolute Gasteiger partial charge is 0.454 e. The Morgan fingerprint density at radius 3 is 1.09 bits per heavy atom. The molecule has 0 fully saturated rings. The Morgan fingerprint density at radius 1 is 0.316 bits per heavy atom. The maximum atomic E-state index is 7.05. The molecule has 0 amide bonds. The van der Waals surface area contributed by atoms with Crippen molar-refractivity contribution >= 4 is 110 Å². The molecule has 14 aromatic rings. The number of furan rings is 2. The minimum absolute atomic E-state index is 0.198. The number of hydrogen-bond acceptors (Lipinski definition) is 4. The summed E-state index contributed by atoms with van der Waals surface area (Å²) < 4.78 is 14.1. The molecule has 12 aromatic carbocycles. The summed E-state index contributed by atoms with van der Waals surface area (Å²) in [5.41, 5.74) is 19.3. The number of aryl methyl sites for hydroxylation is 2. The van der Waals surface area contributed by atoms with Crippen LogP contribution in [0.25, 0.3) is 98.4 Å². The molecule has 4 nitrogen and oxygen atoms in total. The molecule has 0 aliphatic heterocycles. The molecule has 0 saturated heterocycles. The molecular weight excluding hydrogens is 925 g/mol. The lowest BCUT2D eigenvalue weighted by atomic mass is 9.83. The maximum Gasteiger partial charge on any atom is 0.159 e. The molecule has 0 unspecified atom stereocenters. The van der Waals surface area contributed by atoms with Gasteiger partial charge in [0.2, 0.25) is 0 Å². The zero-order valence-electron chi connectivity index (χ0n) is 43.7. The number of rotatable bonds is 10. The second-order valence-corrected chi connectivity index (χ2v) is 21.2. The molecule has 0 aliphatic carbocycles. The van der Waals surface area contributed by atoms with Crippen LogP contribution in [0.1, 0.15) is 61.8 Å². The molecule has 0 atom stereocenters. The van der Waals surface area contributed by atoms with E-state index >= 15 is 0 Å². The summed E-state index contributed by atoms with van der Waals surface area (Å²) in [7, 11) is 0. The van der Waals surface area contributed by atoms with E-state index < -0.39 is 0 Å². The first-order valence-corrected chi connectivity index (χ1v) is 26.7. The van der Waals surface area contributed by atoms with E-state index in [4.69, 9.17) is 8.83 Å². The van der Waals surface area contributed by atoms with Crippen molar-refractivity contribution in [2.75, 3.05) is 9.80 Å². The average Bonchev–Trinajstić information content (AvgIpc) is 4.06. The number of anilines is 6. The molecule has 14 rings (SSSR count). The van der Waals surface area contributed by atoms with E-state index in [0.717, 1.165) is 111 Å². The number of para-hydroxylation sites is 4. The first kappa shape index (κ1) is 45.5. The van der Waals surface area contributed by atoms with Crippen LogP contribution in [0.15, 0.2) is 227 Å². The molecule has 76 heavy (non-hydrogen) atoms.